The van der Waals surface area contributed by atoms with Crippen molar-refractivity contribution in [3.63, 3.8) is 0 Å². The molecule has 106 valence electrons. The Morgan fingerprint density at radius 1 is 1.30 bits per heavy atom. The molecule has 0 aliphatic heterocycles. The largest absolute Gasteiger partial charge is 0.382 e. The second kappa shape index (κ2) is 5.26. The molecule has 1 aromatic carbocycles. The third-order valence-electron chi connectivity index (χ3n) is 2.45. The number of halogens is 2. The van der Waals surface area contributed by atoms with Gasteiger partial charge in [0.2, 0.25) is 0 Å². The molecular formula is C12H11ClFN3O2S. The van der Waals surface area contributed by atoms with E-state index in [1.165, 1.54) is 18.2 Å². The van der Waals surface area contributed by atoms with E-state index in [0.717, 1.165) is 12.3 Å². The topological polar surface area (TPSA) is 85.1 Å². The highest BCUT2D eigenvalue weighted by atomic mass is 35.5. The number of nitrogens with one attached hydrogen (secondary N) is 1. The number of rotatable bonds is 3. The van der Waals surface area contributed by atoms with Crippen LogP contribution in [0.3, 0.4) is 0 Å². The van der Waals surface area contributed by atoms with Crippen molar-refractivity contribution in [2.75, 3.05) is 10.5 Å². The Kier molecular flexibility index (Phi) is 3.82. The van der Waals surface area contributed by atoms with E-state index in [9.17, 15) is 12.8 Å². The second-order valence-electron chi connectivity index (χ2n) is 4.16. The van der Waals surface area contributed by atoms with Gasteiger partial charge in [0.1, 0.15) is 16.5 Å². The maximum absolute atomic E-state index is 13.2. The Hall–Kier alpha value is -1.86. The molecule has 1 aromatic heterocycles. The Balaban J connectivity index is 2.37. The van der Waals surface area contributed by atoms with Crippen LogP contribution in [0, 0.1) is 12.7 Å². The quantitative estimate of drug-likeness (QED) is 0.911. The summed E-state index contributed by atoms with van der Waals surface area (Å²) < 4.78 is 39.7. The van der Waals surface area contributed by atoms with Crippen molar-refractivity contribution in [3.05, 3.63) is 46.9 Å². The molecule has 0 aliphatic rings. The molecule has 0 atom stereocenters. The number of aryl methyl sites for hydroxylation is 1. The minimum absolute atomic E-state index is 0.0308. The first-order valence-electron chi connectivity index (χ1n) is 5.49. The molecular weight excluding hydrogens is 305 g/mol. The highest BCUT2D eigenvalue weighted by Gasteiger charge is 2.16. The normalized spacial score (nSPS) is 11.3. The Morgan fingerprint density at radius 2 is 2.00 bits per heavy atom. The predicted octanol–water partition coefficient (Wildman–Crippen LogP) is 2.57. The molecule has 0 radical (unpaired) electrons. The molecule has 0 spiro atoms. The molecule has 0 saturated carbocycles. The van der Waals surface area contributed by atoms with Crippen molar-refractivity contribution in [1.82, 2.24) is 4.98 Å². The fourth-order valence-corrected chi connectivity index (χ4v) is 2.83. The van der Waals surface area contributed by atoms with E-state index >= 15 is 0 Å². The van der Waals surface area contributed by atoms with Crippen LogP contribution in [0.4, 0.5) is 15.9 Å². The third kappa shape index (κ3) is 3.17. The summed E-state index contributed by atoms with van der Waals surface area (Å²) in [5.74, 6) is -0.497. The summed E-state index contributed by atoms with van der Waals surface area (Å²) in [4.78, 5) is 3.52. The van der Waals surface area contributed by atoms with E-state index in [2.05, 4.69) is 9.71 Å². The van der Waals surface area contributed by atoms with Crippen LogP contribution in [-0.4, -0.2) is 13.4 Å². The van der Waals surface area contributed by atoms with E-state index < -0.39 is 15.8 Å². The van der Waals surface area contributed by atoms with Gasteiger partial charge in [-0.15, -0.1) is 0 Å². The highest BCUT2D eigenvalue weighted by molar-refractivity contribution is 7.92. The number of hydrogen-bond acceptors (Lipinski definition) is 4. The molecule has 8 heteroatoms. The molecule has 0 amide bonds. The molecule has 0 bridgehead atoms. The number of benzene rings is 1. The van der Waals surface area contributed by atoms with Crippen molar-refractivity contribution in [3.8, 4) is 0 Å². The molecule has 2 rings (SSSR count). The monoisotopic (exact) mass is 315 g/mol. The van der Waals surface area contributed by atoms with Crippen LogP contribution in [0.15, 0.2) is 35.4 Å². The first kappa shape index (κ1) is 14.5. The number of sulfonamides is 1. The molecule has 3 N–H and O–H groups in total. The van der Waals surface area contributed by atoms with Crippen LogP contribution >= 0.6 is 11.6 Å². The van der Waals surface area contributed by atoms with Gasteiger partial charge in [-0.3, -0.25) is 4.72 Å². The summed E-state index contributed by atoms with van der Waals surface area (Å²) in [6.07, 6.45) is 1.08. The van der Waals surface area contributed by atoms with Crippen molar-refractivity contribution in [1.29, 1.82) is 0 Å². The van der Waals surface area contributed by atoms with Gasteiger partial charge >= 0.3 is 0 Å². The summed E-state index contributed by atoms with van der Waals surface area (Å²) in [5, 5.41) is 0.0308. The molecule has 1 heterocycles. The lowest BCUT2D eigenvalue weighted by atomic mass is 10.2. The van der Waals surface area contributed by atoms with Crippen molar-refractivity contribution < 1.29 is 12.8 Å². The van der Waals surface area contributed by atoms with E-state index in [-0.39, 0.29) is 21.4 Å². The van der Waals surface area contributed by atoms with Crippen LogP contribution in [0.1, 0.15) is 5.56 Å². The Bertz CT molecular complexity index is 745. The lowest BCUT2D eigenvalue weighted by Gasteiger charge is -2.09. The van der Waals surface area contributed by atoms with Gasteiger partial charge in [0.05, 0.1) is 10.7 Å². The van der Waals surface area contributed by atoms with E-state index in [1.54, 1.807) is 6.92 Å². The molecule has 0 unspecified atom stereocenters. The van der Waals surface area contributed by atoms with Crippen molar-refractivity contribution in [2.45, 2.75) is 11.8 Å². The first-order valence-corrected chi connectivity index (χ1v) is 7.35. The summed E-state index contributed by atoms with van der Waals surface area (Å²) in [6.45, 7) is 1.66. The SMILES string of the molecule is Cc1cc(F)cc(NS(=O)(=O)c2cnc(N)c(Cl)c2)c1. The number of nitrogens with two attached hydrogens (primary N) is 1. The zero-order valence-corrected chi connectivity index (χ0v) is 12.0. The van der Waals surface area contributed by atoms with Crippen LogP contribution in [0.5, 0.6) is 0 Å². The van der Waals surface area contributed by atoms with Gasteiger partial charge in [-0.05, 0) is 36.8 Å². The Morgan fingerprint density at radius 3 is 2.60 bits per heavy atom. The van der Waals surface area contributed by atoms with Crippen molar-refractivity contribution >= 4 is 33.1 Å². The summed E-state index contributed by atoms with van der Waals surface area (Å²) in [6, 6.07) is 5.06. The van der Waals surface area contributed by atoms with E-state index in [4.69, 9.17) is 17.3 Å². The zero-order chi connectivity index (χ0) is 14.9. The van der Waals surface area contributed by atoms with Gasteiger partial charge in [0.15, 0.2) is 0 Å². The number of aromatic nitrogens is 1. The van der Waals surface area contributed by atoms with E-state index in [0.29, 0.717) is 5.56 Å². The fourth-order valence-electron chi connectivity index (χ4n) is 1.59. The fraction of sp³-hybridized carbons (Fsp3) is 0.0833. The lowest BCUT2D eigenvalue weighted by Crippen LogP contribution is -2.14. The maximum Gasteiger partial charge on any atom is 0.263 e. The molecule has 5 nitrogen and oxygen atoms in total. The van der Waals surface area contributed by atoms with Crippen LogP contribution in [0.25, 0.3) is 0 Å². The number of anilines is 2. The summed E-state index contributed by atoms with van der Waals surface area (Å²) >= 11 is 5.73. The molecule has 2 aromatic rings. The standard InChI is InChI=1S/C12H11ClFN3O2S/c1-7-2-8(14)4-9(3-7)17-20(18,19)10-5-11(13)12(15)16-6-10/h2-6,17H,1H3,(H2,15,16). The van der Waals surface area contributed by atoms with Crippen LogP contribution in [-0.2, 0) is 10.0 Å². The Labute approximate surface area is 120 Å². The first-order chi connectivity index (χ1) is 9.28. The predicted molar refractivity (Wildman–Crippen MR) is 75.6 cm³/mol. The van der Waals surface area contributed by atoms with Crippen LogP contribution < -0.4 is 10.5 Å². The number of hydrogen-bond donors (Lipinski definition) is 2. The smallest absolute Gasteiger partial charge is 0.263 e. The summed E-state index contributed by atoms with van der Waals surface area (Å²) in [7, 11) is -3.91. The van der Waals surface area contributed by atoms with Gasteiger partial charge in [0, 0.05) is 6.20 Å². The number of nitrogens with zero attached hydrogens (tertiary/aromatic N) is 1. The molecule has 20 heavy (non-hydrogen) atoms. The zero-order valence-electron chi connectivity index (χ0n) is 10.4. The molecule has 0 saturated heterocycles. The van der Waals surface area contributed by atoms with Gasteiger partial charge in [-0.2, -0.15) is 0 Å². The van der Waals surface area contributed by atoms with E-state index in [1.807, 2.05) is 0 Å². The second-order valence-corrected chi connectivity index (χ2v) is 6.25. The number of pyridine rings is 1. The molecule has 0 aliphatic carbocycles. The average molecular weight is 316 g/mol. The minimum atomic E-state index is -3.91. The number of nitrogen functional groups attached to an aromatic ring is 1. The van der Waals surface area contributed by atoms with Gasteiger partial charge < -0.3 is 5.73 Å². The molecule has 0 fully saturated rings. The average Bonchev–Trinajstić information content (AvgIpc) is 2.30. The van der Waals surface area contributed by atoms with Crippen LogP contribution in [0.2, 0.25) is 5.02 Å². The minimum Gasteiger partial charge on any atom is -0.382 e. The lowest BCUT2D eigenvalue weighted by molar-refractivity contribution is 0.600. The van der Waals surface area contributed by atoms with Gasteiger partial charge in [-0.1, -0.05) is 11.6 Å². The van der Waals surface area contributed by atoms with Gasteiger partial charge in [-0.25, -0.2) is 17.8 Å². The third-order valence-corrected chi connectivity index (χ3v) is 4.10. The van der Waals surface area contributed by atoms with Gasteiger partial charge in [0.25, 0.3) is 10.0 Å². The summed E-state index contributed by atoms with van der Waals surface area (Å²) in [5.41, 5.74) is 6.13. The van der Waals surface area contributed by atoms with Crippen molar-refractivity contribution in [2.24, 2.45) is 0 Å². The highest BCUT2D eigenvalue weighted by Crippen LogP contribution is 2.22. The maximum atomic E-state index is 13.2.